The van der Waals surface area contributed by atoms with Crippen molar-refractivity contribution >= 4 is 54.0 Å². The molecule has 2 atom stereocenters. The van der Waals surface area contributed by atoms with E-state index in [1.165, 1.54) is 12.1 Å². The Morgan fingerprint density at radius 1 is 0.800 bits per heavy atom. The molecule has 0 saturated heterocycles. The Bertz CT molecular complexity index is 717. The van der Waals surface area contributed by atoms with Gasteiger partial charge in [0.2, 0.25) is 0 Å². The van der Waals surface area contributed by atoms with Gasteiger partial charge in [0.05, 0.1) is 19.5 Å². The van der Waals surface area contributed by atoms with Crippen LogP contribution in [0.25, 0.3) is 10.8 Å². The Morgan fingerprint density at radius 3 is 1.55 bits per heavy atom. The van der Waals surface area contributed by atoms with E-state index in [-0.39, 0.29) is 26.4 Å². The SMILES string of the molecule is O=[N+]([O-])c1ccc2c3c(ccc([N+](=O)[O-])c13)[C@H](Br)[C@@H]2Br. The second-order valence-electron chi connectivity index (χ2n) is 4.42. The zero-order valence-electron chi connectivity index (χ0n) is 9.75. The van der Waals surface area contributed by atoms with Gasteiger partial charge in [0, 0.05) is 17.5 Å². The summed E-state index contributed by atoms with van der Waals surface area (Å²) in [6, 6.07) is 5.95. The molecule has 6 nitrogen and oxygen atoms in total. The van der Waals surface area contributed by atoms with Gasteiger partial charge in [-0.1, -0.05) is 44.0 Å². The number of non-ortho nitro benzene ring substituents is 2. The first kappa shape index (κ1) is 13.4. The van der Waals surface area contributed by atoms with Crippen LogP contribution in [0.4, 0.5) is 11.4 Å². The minimum Gasteiger partial charge on any atom is -0.258 e. The van der Waals surface area contributed by atoms with Crippen molar-refractivity contribution in [3.63, 3.8) is 0 Å². The fourth-order valence-electron chi connectivity index (χ4n) is 2.59. The van der Waals surface area contributed by atoms with Crippen LogP contribution >= 0.6 is 31.9 Å². The summed E-state index contributed by atoms with van der Waals surface area (Å²) in [7, 11) is 0. The van der Waals surface area contributed by atoms with Crippen LogP contribution in [0.3, 0.4) is 0 Å². The van der Waals surface area contributed by atoms with Crippen LogP contribution in [0.5, 0.6) is 0 Å². The Morgan fingerprint density at radius 2 is 1.20 bits per heavy atom. The van der Waals surface area contributed by atoms with Gasteiger partial charge in [-0.2, -0.15) is 0 Å². The van der Waals surface area contributed by atoms with Crippen molar-refractivity contribution in [1.82, 2.24) is 0 Å². The predicted molar refractivity (Wildman–Crippen MR) is 80.6 cm³/mol. The van der Waals surface area contributed by atoms with Gasteiger partial charge in [-0.05, 0) is 11.1 Å². The van der Waals surface area contributed by atoms with Gasteiger partial charge >= 0.3 is 0 Å². The predicted octanol–water partition coefficient (Wildman–Crippen LogP) is 4.54. The number of hydrogen-bond acceptors (Lipinski definition) is 4. The molecule has 102 valence electrons. The molecular formula is C12H6Br2N2O4. The smallest absolute Gasteiger partial charge is 0.258 e. The number of nitro benzene ring substituents is 2. The Hall–Kier alpha value is -1.54. The standard InChI is InChI=1S/C12H6Br2N2O4/c13-11-5-1-3-7(15(17)18)10-8(16(19)20)4-2-6(9(5)10)12(11)14/h1-4,11-12H/t11-,12+. The van der Waals surface area contributed by atoms with Crippen molar-refractivity contribution in [3.05, 3.63) is 55.6 Å². The molecule has 2 aromatic carbocycles. The van der Waals surface area contributed by atoms with E-state index >= 15 is 0 Å². The molecule has 0 amide bonds. The summed E-state index contributed by atoms with van der Waals surface area (Å²) in [5.41, 5.74) is 1.18. The minimum absolute atomic E-state index is 0.0668. The third-order valence-corrected chi connectivity index (χ3v) is 6.18. The van der Waals surface area contributed by atoms with Gasteiger partial charge in [-0.15, -0.1) is 0 Å². The maximum atomic E-state index is 11.2. The van der Waals surface area contributed by atoms with Crippen LogP contribution in [0, 0.1) is 20.2 Å². The number of alkyl halides is 2. The lowest BCUT2D eigenvalue weighted by Gasteiger charge is -2.06. The van der Waals surface area contributed by atoms with E-state index in [0.29, 0.717) is 5.39 Å². The molecule has 0 aliphatic heterocycles. The van der Waals surface area contributed by atoms with E-state index in [1.807, 2.05) is 0 Å². The summed E-state index contributed by atoms with van der Waals surface area (Å²) >= 11 is 7.03. The fraction of sp³-hybridized carbons (Fsp3) is 0.167. The molecule has 8 heteroatoms. The fourth-order valence-corrected chi connectivity index (χ4v) is 3.93. The van der Waals surface area contributed by atoms with Crippen molar-refractivity contribution in [3.8, 4) is 0 Å². The van der Waals surface area contributed by atoms with Gasteiger partial charge in [-0.25, -0.2) is 0 Å². The number of benzene rings is 2. The zero-order valence-corrected chi connectivity index (χ0v) is 12.9. The number of halogens is 2. The lowest BCUT2D eigenvalue weighted by Crippen LogP contribution is -1.96. The van der Waals surface area contributed by atoms with E-state index in [9.17, 15) is 20.2 Å². The number of nitro groups is 2. The van der Waals surface area contributed by atoms with Gasteiger partial charge in [0.25, 0.3) is 11.4 Å². The normalized spacial score (nSPS) is 20.3. The quantitative estimate of drug-likeness (QED) is 0.419. The molecular weight excluding hydrogens is 396 g/mol. The van der Waals surface area contributed by atoms with Crippen LogP contribution in [0.2, 0.25) is 0 Å². The summed E-state index contributed by atoms with van der Waals surface area (Å²) in [6.45, 7) is 0. The first-order valence-corrected chi connectivity index (χ1v) is 7.43. The highest BCUT2D eigenvalue weighted by atomic mass is 79.9. The lowest BCUT2D eigenvalue weighted by atomic mass is 10.0. The molecule has 3 rings (SSSR count). The summed E-state index contributed by atoms with van der Waals surface area (Å²) in [5, 5.41) is 23.0. The van der Waals surface area contributed by atoms with Crippen molar-refractivity contribution in [2.75, 3.05) is 0 Å². The van der Waals surface area contributed by atoms with Crippen LogP contribution in [-0.2, 0) is 0 Å². The molecule has 1 aliphatic carbocycles. The van der Waals surface area contributed by atoms with E-state index < -0.39 is 9.85 Å². The second kappa shape index (κ2) is 4.49. The molecule has 20 heavy (non-hydrogen) atoms. The maximum absolute atomic E-state index is 11.2. The molecule has 1 aliphatic rings. The largest absolute Gasteiger partial charge is 0.284 e. The van der Waals surface area contributed by atoms with Crippen LogP contribution in [0.15, 0.2) is 24.3 Å². The average molecular weight is 402 g/mol. The van der Waals surface area contributed by atoms with Gasteiger partial charge in [0.15, 0.2) is 0 Å². The summed E-state index contributed by atoms with van der Waals surface area (Å²) in [4.78, 5) is 21.0. The first-order chi connectivity index (χ1) is 9.43. The van der Waals surface area contributed by atoms with Gasteiger partial charge < -0.3 is 0 Å². The molecule has 0 unspecified atom stereocenters. The average Bonchev–Trinajstić information content (AvgIpc) is 2.65. The van der Waals surface area contributed by atoms with Crippen molar-refractivity contribution in [2.45, 2.75) is 9.65 Å². The van der Waals surface area contributed by atoms with Gasteiger partial charge in [0.1, 0.15) is 5.39 Å². The van der Waals surface area contributed by atoms with Crippen molar-refractivity contribution in [1.29, 1.82) is 0 Å². The Kier molecular flexibility index (Phi) is 3.02. The lowest BCUT2D eigenvalue weighted by molar-refractivity contribution is -0.390. The number of rotatable bonds is 2. The summed E-state index contributed by atoms with van der Waals surface area (Å²) < 4.78 is 0. The van der Waals surface area contributed by atoms with Crippen LogP contribution in [0.1, 0.15) is 20.8 Å². The third kappa shape index (κ3) is 1.68. The maximum Gasteiger partial charge on any atom is 0.284 e. The second-order valence-corrected chi connectivity index (χ2v) is 6.39. The number of nitrogens with zero attached hydrogens (tertiary/aromatic N) is 2. The highest BCUT2D eigenvalue weighted by Gasteiger charge is 2.36. The molecule has 0 saturated carbocycles. The monoisotopic (exact) mass is 400 g/mol. The van der Waals surface area contributed by atoms with E-state index in [2.05, 4.69) is 31.9 Å². The molecule has 0 spiro atoms. The third-order valence-electron chi connectivity index (χ3n) is 3.43. The topological polar surface area (TPSA) is 86.3 Å². The van der Waals surface area contributed by atoms with E-state index in [4.69, 9.17) is 0 Å². The Balaban J connectivity index is 2.53. The van der Waals surface area contributed by atoms with E-state index in [1.54, 1.807) is 12.1 Å². The highest BCUT2D eigenvalue weighted by Crippen LogP contribution is 2.55. The molecule has 2 aromatic rings. The molecule has 0 heterocycles. The molecule has 0 radical (unpaired) electrons. The minimum atomic E-state index is -0.583. The summed E-state index contributed by atoms with van der Waals surface area (Å²) in [6.07, 6.45) is 0. The van der Waals surface area contributed by atoms with Crippen molar-refractivity contribution in [2.24, 2.45) is 0 Å². The van der Waals surface area contributed by atoms with Crippen molar-refractivity contribution < 1.29 is 9.85 Å². The zero-order chi connectivity index (χ0) is 14.6. The van der Waals surface area contributed by atoms with Gasteiger partial charge in [-0.3, -0.25) is 20.2 Å². The Labute approximate surface area is 129 Å². The van der Waals surface area contributed by atoms with E-state index in [0.717, 1.165) is 11.1 Å². The van der Waals surface area contributed by atoms with Crippen LogP contribution < -0.4 is 0 Å². The van der Waals surface area contributed by atoms with Crippen LogP contribution in [-0.4, -0.2) is 9.85 Å². The number of hydrogen-bond donors (Lipinski definition) is 0. The molecule has 0 N–H and O–H groups in total. The highest BCUT2D eigenvalue weighted by molar-refractivity contribution is 9.12. The molecule has 0 bridgehead atoms. The summed E-state index contributed by atoms with van der Waals surface area (Å²) in [5.74, 6) is 0. The first-order valence-electron chi connectivity index (χ1n) is 5.60. The molecule has 0 fully saturated rings. The molecule has 0 aromatic heterocycles.